The van der Waals surface area contributed by atoms with Crippen LogP contribution in [0.1, 0.15) is 53.0 Å². The van der Waals surface area contributed by atoms with E-state index in [0.29, 0.717) is 19.4 Å². The minimum atomic E-state index is -1.10. The number of hydrogen-bond donors (Lipinski definition) is 3. The van der Waals surface area contributed by atoms with E-state index in [-0.39, 0.29) is 36.3 Å². The lowest BCUT2D eigenvalue weighted by Gasteiger charge is -2.37. The highest BCUT2D eigenvalue weighted by Crippen LogP contribution is 2.65. The number of likely N-dealkylation sites (tertiary alicyclic amines) is 1. The van der Waals surface area contributed by atoms with Crippen molar-refractivity contribution < 1.29 is 24.2 Å². The number of ether oxygens (including phenoxy) is 1. The zero-order valence-electron chi connectivity index (χ0n) is 20.7. The van der Waals surface area contributed by atoms with Crippen LogP contribution in [0.25, 0.3) is 0 Å². The number of fused-ring (bicyclic) bond motifs is 1. The average molecular weight is 472 g/mol. The molecule has 8 nitrogen and oxygen atoms in total. The summed E-state index contributed by atoms with van der Waals surface area (Å²) in [5.41, 5.74) is -0.987. The standard InChI is InChI=1S/C26H37N3O5/c1-6-18(14-30)29-21(23(32)28-15(2)3)26-12-16(4)25(5,34-26)19(20(26)24(29)33)22(31)27-13-17-10-8-7-9-11-17/h7-11,15-16,18-21,30H,6,12-14H2,1-5H3,(H,27,31)(H,28,32)/t16?,18-,19+,20-,21?,25-,26?/m0/s1. The van der Waals surface area contributed by atoms with E-state index in [4.69, 9.17) is 4.74 Å². The molecule has 0 aliphatic carbocycles. The van der Waals surface area contributed by atoms with Gasteiger partial charge in [-0.05, 0) is 45.1 Å². The minimum absolute atomic E-state index is 0.0208. The summed E-state index contributed by atoms with van der Waals surface area (Å²) in [7, 11) is 0. The van der Waals surface area contributed by atoms with Crippen LogP contribution in [0.3, 0.4) is 0 Å². The largest absolute Gasteiger partial charge is 0.394 e. The Kier molecular flexibility index (Phi) is 6.50. The molecule has 8 heteroatoms. The highest BCUT2D eigenvalue weighted by molar-refractivity contribution is 5.99. The molecule has 4 rings (SSSR count). The number of carbonyl (C=O) groups excluding carboxylic acids is 3. The molecule has 3 amide bonds. The highest BCUT2D eigenvalue weighted by atomic mass is 16.5. The first-order chi connectivity index (χ1) is 16.1. The molecule has 0 radical (unpaired) electrons. The van der Waals surface area contributed by atoms with E-state index in [0.717, 1.165) is 5.56 Å². The number of hydrogen-bond acceptors (Lipinski definition) is 5. The van der Waals surface area contributed by atoms with Gasteiger partial charge in [0, 0.05) is 12.6 Å². The lowest BCUT2D eigenvalue weighted by Crippen LogP contribution is -2.58. The predicted molar refractivity (Wildman–Crippen MR) is 126 cm³/mol. The van der Waals surface area contributed by atoms with Crippen molar-refractivity contribution in [2.24, 2.45) is 17.8 Å². The minimum Gasteiger partial charge on any atom is -0.394 e. The number of amides is 3. The Labute approximate surface area is 201 Å². The van der Waals surface area contributed by atoms with Crippen molar-refractivity contribution in [2.45, 2.75) is 83.3 Å². The average Bonchev–Trinajstić information content (AvgIpc) is 3.30. The van der Waals surface area contributed by atoms with Crippen LogP contribution >= 0.6 is 0 Å². The third-order valence-corrected chi connectivity index (χ3v) is 8.10. The molecule has 1 aromatic rings. The van der Waals surface area contributed by atoms with Crippen LogP contribution in [-0.2, 0) is 25.7 Å². The summed E-state index contributed by atoms with van der Waals surface area (Å²) in [6, 6.07) is 8.09. The van der Waals surface area contributed by atoms with E-state index in [9.17, 15) is 19.5 Å². The van der Waals surface area contributed by atoms with Gasteiger partial charge in [0.25, 0.3) is 0 Å². The number of benzene rings is 1. The first-order valence-electron chi connectivity index (χ1n) is 12.4. The van der Waals surface area contributed by atoms with Crippen molar-refractivity contribution in [1.29, 1.82) is 0 Å². The Balaban J connectivity index is 1.72. The zero-order valence-corrected chi connectivity index (χ0v) is 20.7. The van der Waals surface area contributed by atoms with Crippen molar-refractivity contribution in [3.05, 3.63) is 35.9 Å². The highest BCUT2D eigenvalue weighted by Gasteiger charge is 2.80. The van der Waals surface area contributed by atoms with Crippen molar-refractivity contribution in [1.82, 2.24) is 15.5 Å². The van der Waals surface area contributed by atoms with Crippen LogP contribution in [-0.4, -0.2) is 63.7 Å². The zero-order chi connectivity index (χ0) is 24.8. The van der Waals surface area contributed by atoms with E-state index in [1.54, 1.807) is 0 Å². The fourth-order valence-electron chi connectivity index (χ4n) is 6.44. The Bertz CT molecular complexity index is 949. The molecule has 3 saturated heterocycles. The molecule has 1 aromatic carbocycles. The van der Waals surface area contributed by atoms with Gasteiger partial charge in [0.05, 0.1) is 30.1 Å². The van der Waals surface area contributed by atoms with Crippen LogP contribution < -0.4 is 10.6 Å². The summed E-state index contributed by atoms with van der Waals surface area (Å²) in [6.07, 6.45) is 1.01. The van der Waals surface area contributed by atoms with Crippen molar-refractivity contribution in [3.63, 3.8) is 0 Å². The van der Waals surface area contributed by atoms with E-state index < -0.39 is 35.1 Å². The van der Waals surface area contributed by atoms with Crippen LogP contribution in [0.15, 0.2) is 30.3 Å². The first kappa shape index (κ1) is 24.7. The molecule has 34 heavy (non-hydrogen) atoms. The summed E-state index contributed by atoms with van der Waals surface area (Å²) in [4.78, 5) is 42.6. The second-order valence-corrected chi connectivity index (χ2v) is 10.6. The molecule has 2 bridgehead atoms. The van der Waals surface area contributed by atoms with Gasteiger partial charge in [-0.1, -0.05) is 44.2 Å². The van der Waals surface area contributed by atoms with Gasteiger partial charge in [-0.2, -0.15) is 0 Å². The SMILES string of the molecule is CC[C@@H](CO)N1C(=O)[C@@H]2[C@H](C(=O)NCc3ccccc3)[C@@]3(C)OC2(CC3C)C1C(=O)NC(C)C. The van der Waals surface area contributed by atoms with Gasteiger partial charge in [0.2, 0.25) is 17.7 Å². The lowest BCUT2D eigenvalue weighted by atomic mass is 9.62. The number of aliphatic hydroxyl groups is 1. The van der Waals surface area contributed by atoms with Gasteiger partial charge in [0.15, 0.2) is 0 Å². The normalized spacial score (nSPS) is 34.9. The van der Waals surface area contributed by atoms with Gasteiger partial charge in [-0.3, -0.25) is 14.4 Å². The Hall–Kier alpha value is -2.45. The molecule has 0 aromatic heterocycles. The first-order valence-corrected chi connectivity index (χ1v) is 12.4. The number of rotatable bonds is 8. The van der Waals surface area contributed by atoms with Crippen molar-refractivity contribution >= 4 is 17.7 Å². The van der Waals surface area contributed by atoms with Gasteiger partial charge in [0.1, 0.15) is 11.6 Å². The predicted octanol–water partition coefficient (Wildman–Crippen LogP) is 1.61. The van der Waals surface area contributed by atoms with Crippen LogP contribution in [0.4, 0.5) is 0 Å². The quantitative estimate of drug-likeness (QED) is 0.534. The summed E-state index contributed by atoms with van der Waals surface area (Å²) in [6.45, 7) is 9.64. The molecule has 3 aliphatic rings. The number of aliphatic hydroxyl groups excluding tert-OH is 1. The van der Waals surface area contributed by atoms with E-state index in [1.807, 2.05) is 65.0 Å². The summed E-state index contributed by atoms with van der Waals surface area (Å²) in [5, 5.41) is 16.0. The molecule has 3 unspecified atom stereocenters. The molecule has 3 aliphatic heterocycles. The van der Waals surface area contributed by atoms with E-state index >= 15 is 0 Å². The third kappa shape index (κ3) is 3.62. The van der Waals surface area contributed by atoms with Gasteiger partial charge in [-0.25, -0.2) is 0 Å². The molecule has 3 N–H and O–H groups in total. The number of nitrogens with one attached hydrogen (secondary N) is 2. The maximum Gasteiger partial charge on any atom is 0.246 e. The number of nitrogens with zero attached hydrogens (tertiary/aromatic N) is 1. The summed E-state index contributed by atoms with van der Waals surface area (Å²) >= 11 is 0. The van der Waals surface area contributed by atoms with Crippen LogP contribution in [0.2, 0.25) is 0 Å². The maximum atomic E-state index is 13.9. The third-order valence-electron chi connectivity index (χ3n) is 8.10. The molecule has 7 atom stereocenters. The van der Waals surface area contributed by atoms with E-state index in [2.05, 4.69) is 10.6 Å². The molecular weight excluding hydrogens is 434 g/mol. The van der Waals surface area contributed by atoms with Crippen LogP contribution in [0.5, 0.6) is 0 Å². The maximum absolute atomic E-state index is 13.9. The van der Waals surface area contributed by atoms with Gasteiger partial charge >= 0.3 is 0 Å². The molecular formula is C26H37N3O5. The molecule has 3 fully saturated rings. The molecule has 3 heterocycles. The monoisotopic (exact) mass is 471 g/mol. The van der Waals surface area contributed by atoms with Gasteiger partial charge in [-0.15, -0.1) is 0 Å². The molecule has 0 saturated carbocycles. The van der Waals surface area contributed by atoms with Gasteiger partial charge < -0.3 is 25.4 Å². The fourth-order valence-corrected chi connectivity index (χ4v) is 6.44. The van der Waals surface area contributed by atoms with Crippen LogP contribution in [0, 0.1) is 17.8 Å². The van der Waals surface area contributed by atoms with Crippen molar-refractivity contribution in [3.8, 4) is 0 Å². The Morgan fingerprint density at radius 3 is 2.50 bits per heavy atom. The summed E-state index contributed by atoms with van der Waals surface area (Å²) in [5.74, 6) is -2.32. The molecule has 1 spiro atoms. The Morgan fingerprint density at radius 1 is 1.24 bits per heavy atom. The fraction of sp³-hybridized carbons (Fsp3) is 0.654. The second kappa shape index (κ2) is 8.96. The Morgan fingerprint density at radius 2 is 1.91 bits per heavy atom. The van der Waals surface area contributed by atoms with Crippen molar-refractivity contribution in [2.75, 3.05) is 6.61 Å². The second-order valence-electron chi connectivity index (χ2n) is 10.6. The summed E-state index contributed by atoms with van der Waals surface area (Å²) < 4.78 is 6.66. The number of carbonyl (C=O) groups is 3. The topological polar surface area (TPSA) is 108 Å². The van der Waals surface area contributed by atoms with E-state index in [1.165, 1.54) is 4.90 Å². The lowest BCUT2D eigenvalue weighted by molar-refractivity contribution is -0.151. The smallest absolute Gasteiger partial charge is 0.246 e. The molecule has 186 valence electrons.